The Morgan fingerprint density at radius 2 is 1.96 bits per heavy atom. The molecule has 0 saturated carbocycles. The first-order valence-corrected chi connectivity index (χ1v) is 9.46. The average Bonchev–Trinajstić information content (AvgIpc) is 2.67. The van der Waals surface area contributed by atoms with Crippen LogP contribution in [0, 0.1) is 0 Å². The summed E-state index contributed by atoms with van der Waals surface area (Å²) in [6.07, 6.45) is 3.16. The maximum Gasteiger partial charge on any atom is 0.257 e. The van der Waals surface area contributed by atoms with E-state index >= 15 is 0 Å². The van der Waals surface area contributed by atoms with Gasteiger partial charge in [-0.1, -0.05) is 25.1 Å². The number of hydrogen-bond acceptors (Lipinski definition) is 3. The number of ether oxygens (including phenoxy) is 1. The van der Waals surface area contributed by atoms with Crippen molar-refractivity contribution < 1.29 is 9.53 Å². The van der Waals surface area contributed by atoms with Gasteiger partial charge in [0.15, 0.2) is 5.11 Å². The van der Waals surface area contributed by atoms with Crippen LogP contribution in [0.3, 0.4) is 0 Å². The molecule has 1 amide bonds. The number of rotatable bonds is 4. The minimum absolute atomic E-state index is 0.154. The number of fused-ring (bicyclic) bond motifs is 1. The number of benzene rings is 2. The van der Waals surface area contributed by atoms with E-state index in [2.05, 4.69) is 18.3 Å². The van der Waals surface area contributed by atoms with Gasteiger partial charge in [0.1, 0.15) is 5.75 Å². The molecule has 2 aromatic rings. The highest BCUT2D eigenvalue weighted by molar-refractivity contribution is 7.80. The van der Waals surface area contributed by atoms with Gasteiger partial charge in [0.2, 0.25) is 0 Å². The van der Waals surface area contributed by atoms with Crippen molar-refractivity contribution in [2.45, 2.75) is 39.2 Å². The molecule has 136 valence electrons. The monoisotopic (exact) mass is 368 g/mol. The summed E-state index contributed by atoms with van der Waals surface area (Å²) in [6.45, 7) is 4.92. The number of carbonyl (C=O) groups is 1. The van der Waals surface area contributed by atoms with Gasteiger partial charge < -0.3 is 9.64 Å². The lowest BCUT2D eigenvalue weighted by Gasteiger charge is -2.31. The van der Waals surface area contributed by atoms with E-state index in [1.54, 1.807) is 12.1 Å². The Morgan fingerprint density at radius 3 is 2.69 bits per heavy atom. The molecule has 26 heavy (non-hydrogen) atoms. The van der Waals surface area contributed by atoms with Gasteiger partial charge in [0.05, 0.1) is 6.10 Å². The van der Waals surface area contributed by atoms with Crippen molar-refractivity contribution in [3.05, 3.63) is 59.7 Å². The lowest BCUT2D eigenvalue weighted by molar-refractivity contribution is 0.0977. The number of para-hydroxylation sites is 1. The van der Waals surface area contributed by atoms with Crippen LogP contribution in [-0.2, 0) is 6.42 Å². The molecule has 0 aromatic heterocycles. The highest BCUT2D eigenvalue weighted by Gasteiger charge is 2.21. The highest BCUT2D eigenvalue weighted by atomic mass is 32.1. The third kappa shape index (κ3) is 4.22. The standard InChI is InChI=1S/C21H24N2O2S/c1-3-15(2)25-18-12-10-17(11-13-18)20(24)22-21(26)23-14-6-8-16-7-4-5-9-19(16)23/h4-5,7,9-13,15H,3,6,8,14H2,1-2H3,(H,22,24,26). The van der Waals surface area contributed by atoms with Gasteiger partial charge >= 0.3 is 0 Å². The number of anilines is 1. The van der Waals surface area contributed by atoms with Crippen LogP contribution >= 0.6 is 12.2 Å². The van der Waals surface area contributed by atoms with Crippen molar-refractivity contribution in [2.24, 2.45) is 0 Å². The van der Waals surface area contributed by atoms with Crippen LogP contribution in [0.4, 0.5) is 5.69 Å². The maximum atomic E-state index is 12.5. The Kier molecular flexibility index (Phi) is 5.89. The van der Waals surface area contributed by atoms with Gasteiger partial charge in [-0.15, -0.1) is 0 Å². The number of amides is 1. The van der Waals surface area contributed by atoms with E-state index in [0.717, 1.165) is 37.2 Å². The second-order valence-electron chi connectivity index (χ2n) is 6.50. The first-order valence-electron chi connectivity index (χ1n) is 9.06. The highest BCUT2D eigenvalue weighted by Crippen LogP contribution is 2.26. The van der Waals surface area contributed by atoms with Gasteiger partial charge in [0.25, 0.3) is 5.91 Å². The third-order valence-corrected chi connectivity index (χ3v) is 4.93. The molecule has 1 aliphatic rings. The molecule has 0 spiro atoms. The number of nitrogens with zero attached hydrogens (tertiary/aromatic N) is 1. The second-order valence-corrected chi connectivity index (χ2v) is 6.89. The number of aryl methyl sites for hydroxylation is 1. The van der Waals surface area contributed by atoms with Crippen molar-refractivity contribution in [3.8, 4) is 5.75 Å². The molecule has 2 aromatic carbocycles. The first kappa shape index (κ1) is 18.4. The average molecular weight is 369 g/mol. The molecular formula is C21H24N2O2S. The first-order chi connectivity index (χ1) is 12.6. The molecule has 1 aliphatic heterocycles. The predicted molar refractivity (Wildman–Crippen MR) is 109 cm³/mol. The van der Waals surface area contributed by atoms with Crippen LogP contribution in [0.5, 0.6) is 5.75 Å². The van der Waals surface area contributed by atoms with Crippen molar-refractivity contribution in [1.82, 2.24) is 5.32 Å². The van der Waals surface area contributed by atoms with Gasteiger partial charge in [-0.2, -0.15) is 0 Å². The van der Waals surface area contributed by atoms with Crippen molar-refractivity contribution in [2.75, 3.05) is 11.4 Å². The summed E-state index contributed by atoms with van der Waals surface area (Å²) in [6, 6.07) is 15.4. The van der Waals surface area contributed by atoms with Gasteiger partial charge in [-0.25, -0.2) is 0 Å². The zero-order chi connectivity index (χ0) is 18.5. The fourth-order valence-electron chi connectivity index (χ4n) is 2.98. The van der Waals surface area contributed by atoms with Gasteiger partial charge in [-0.05, 0) is 74.3 Å². The van der Waals surface area contributed by atoms with E-state index in [1.807, 2.05) is 42.2 Å². The Labute approximate surface area is 160 Å². The Hall–Kier alpha value is -2.40. The molecule has 0 bridgehead atoms. The molecule has 1 atom stereocenters. The van der Waals surface area contributed by atoms with Crippen LogP contribution in [-0.4, -0.2) is 23.7 Å². The van der Waals surface area contributed by atoms with E-state index in [9.17, 15) is 4.79 Å². The number of hydrogen-bond donors (Lipinski definition) is 1. The van der Waals surface area contributed by atoms with E-state index in [0.29, 0.717) is 10.7 Å². The predicted octanol–water partition coefficient (Wildman–Crippen LogP) is 4.33. The zero-order valence-corrected chi connectivity index (χ0v) is 16.0. The van der Waals surface area contributed by atoms with Crippen LogP contribution in [0.2, 0.25) is 0 Å². The fraction of sp³-hybridized carbons (Fsp3) is 0.333. The van der Waals surface area contributed by atoms with E-state index in [1.165, 1.54) is 5.56 Å². The largest absolute Gasteiger partial charge is 0.491 e. The summed E-state index contributed by atoms with van der Waals surface area (Å²) in [5, 5.41) is 3.30. The minimum Gasteiger partial charge on any atom is -0.491 e. The molecule has 1 heterocycles. The number of nitrogens with one attached hydrogen (secondary N) is 1. The molecule has 0 aliphatic carbocycles. The second kappa shape index (κ2) is 8.32. The van der Waals surface area contributed by atoms with Crippen molar-refractivity contribution in [1.29, 1.82) is 0 Å². The lowest BCUT2D eigenvalue weighted by Crippen LogP contribution is -2.45. The van der Waals surface area contributed by atoms with E-state index in [-0.39, 0.29) is 12.0 Å². The molecule has 0 radical (unpaired) electrons. The van der Waals surface area contributed by atoms with Crippen molar-refractivity contribution >= 4 is 28.9 Å². The molecule has 0 saturated heterocycles. The van der Waals surface area contributed by atoms with E-state index < -0.39 is 0 Å². The van der Waals surface area contributed by atoms with E-state index in [4.69, 9.17) is 17.0 Å². The zero-order valence-electron chi connectivity index (χ0n) is 15.2. The Morgan fingerprint density at radius 1 is 1.23 bits per heavy atom. The molecular weight excluding hydrogens is 344 g/mol. The normalized spacial score (nSPS) is 14.3. The van der Waals surface area contributed by atoms with Gasteiger partial charge in [0, 0.05) is 17.8 Å². The third-order valence-electron chi connectivity index (χ3n) is 4.60. The molecule has 3 rings (SSSR count). The summed E-state index contributed by atoms with van der Waals surface area (Å²) >= 11 is 5.49. The number of thiocarbonyl (C=S) groups is 1. The topological polar surface area (TPSA) is 41.6 Å². The molecule has 0 fully saturated rings. The quantitative estimate of drug-likeness (QED) is 0.816. The molecule has 4 nitrogen and oxygen atoms in total. The summed E-state index contributed by atoms with van der Waals surface area (Å²) < 4.78 is 5.75. The SMILES string of the molecule is CCC(C)Oc1ccc(C(=O)NC(=S)N2CCCc3ccccc32)cc1. The summed E-state index contributed by atoms with van der Waals surface area (Å²) in [4.78, 5) is 14.5. The van der Waals surface area contributed by atoms with Gasteiger partial charge in [-0.3, -0.25) is 10.1 Å². The summed E-state index contributed by atoms with van der Waals surface area (Å²) in [7, 11) is 0. The van der Waals surface area contributed by atoms with Crippen LogP contribution in [0.1, 0.15) is 42.6 Å². The van der Waals surface area contributed by atoms with Crippen LogP contribution in [0.25, 0.3) is 0 Å². The number of carbonyl (C=O) groups excluding carboxylic acids is 1. The van der Waals surface area contributed by atoms with Crippen LogP contribution < -0.4 is 15.0 Å². The lowest BCUT2D eigenvalue weighted by atomic mass is 10.0. The van der Waals surface area contributed by atoms with Crippen molar-refractivity contribution in [3.63, 3.8) is 0 Å². The summed E-state index contributed by atoms with van der Waals surface area (Å²) in [5.74, 6) is 0.566. The van der Waals surface area contributed by atoms with Crippen LogP contribution in [0.15, 0.2) is 48.5 Å². The Bertz CT molecular complexity index is 789. The summed E-state index contributed by atoms with van der Waals surface area (Å²) in [5.41, 5.74) is 2.91. The Balaban J connectivity index is 1.66. The maximum absolute atomic E-state index is 12.5. The molecule has 5 heteroatoms. The molecule has 1 unspecified atom stereocenters. The smallest absolute Gasteiger partial charge is 0.257 e. The minimum atomic E-state index is -0.201. The molecule has 1 N–H and O–H groups in total. The fourth-order valence-corrected chi connectivity index (χ4v) is 3.26.